The summed E-state index contributed by atoms with van der Waals surface area (Å²) in [6, 6.07) is 55.8. The van der Waals surface area contributed by atoms with E-state index < -0.39 is 0 Å². The number of fused-ring (bicyclic) bond motifs is 2. The monoisotopic (exact) mass is 586 g/mol. The summed E-state index contributed by atoms with van der Waals surface area (Å²) in [5.41, 5.74) is 8.02. The fourth-order valence-electron chi connectivity index (χ4n) is 6.19. The van der Waals surface area contributed by atoms with Crippen LogP contribution in [0.2, 0.25) is 0 Å². The van der Waals surface area contributed by atoms with Crippen molar-refractivity contribution in [3.63, 3.8) is 0 Å². The molecule has 1 heterocycles. The maximum atomic E-state index is 9.37. The zero-order chi connectivity index (χ0) is 30.9. The molecule has 4 nitrogen and oxygen atoms in total. The highest BCUT2D eigenvalue weighted by molar-refractivity contribution is 6.21. The molecule has 0 N–H and O–H groups in total. The number of benzene rings is 7. The van der Waals surface area contributed by atoms with Gasteiger partial charge < -0.3 is 0 Å². The molecule has 8 aromatic rings. The first-order valence-corrected chi connectivity index (χ1v) is 15.2. The standard InChI is InChI=1S/C42H26N4/c43-27-28-19-21-29(22-20-28)38-34-15-7-9-17-36(34)39(37-18-10-8-16-35(37)38)30-23-25-33(26-24-30)42-45-40(31-11-3-1-4-12-31)44-41(46-42)32-13-5-2-6-14-32/h1-26H. The Balaban J connectivity index is 1.29. The number of rotatable bonds is 5. The topological polar surface area (TPSA) is 62.5 Å². The molecule has 4 heteroatoms. The SMILES string of the molecule is N#Cc1ccc(-c2c3ccccc3c(-c3ccc(-c4nc(-c5ccccc5)nc(-c5ccccc5)n4)cc3)c3ccccc23)cc1. The molecule has 214 valence electrons. The van der Waals surface area contributed by atoms with E-state index in [0.29, 0.717) is 23.0 Å². The highest BCUT2D eigenvalue weighted by atomic mass is 15.0. The molecule has 0 unspecified atom stereocenters. The van der Waals surface area contributed by atoms with Crippen LogP contribution in [0.4, 0.5) is 0 Å². The lowest BCUT2D eigenvalue weighted by atomic mass is 9.86. The summed E-state index contributed by atoms with van der Waals surface area (Å²) in [5.74, 6) is 1.91. The van der Waals surface area contributed by atoms with Crippen LogP contribution in [0.1, 0.15) is 5.56 Å². The van der Waals surface area contributed by atoms with Crippen LogP contribution < -0.4 is 0 Å². The Morgan fingerprint density at radius 1 is 0.326 bits per heavy atom. The Kier molecular flexibility index (Phi) is 6.83. The van der Waals surface area contributed by atoms with Gasteiger partial charge in [0.2, 0.25) is 0 Å². The Morgan fingerprint density at radius 2 is 0.630 bits per heavy atom. The second-order valence-electron chi connectivity index (χ2n) is 11.1. The molecule has 0 saturated heterocycles. The molecule has 0 bridgehead atoms. The van der Waals surface area contributed by atoms with Gasteiger partial charge in [-0.3, -0.25) is 0 Å². The Hall–Kier alpha value is -6.44. The second kappa shape index (κ2) is 11.6. The molecule has 0 saturated carbocycles. The van der Waals surface area contributed by atoms with Crippen LogP contribution in [0.15, 0.2) is 158 Å². The Bertz CT molecular complexity index is 2280. The molecule has 8 rings (SSSR count). The van der Waals surface area contributed by atoms with E-state index in [1.807, 2.05) is 84.9 Å². The normalized spacial score (nSPS) is 11.0. The molecule has 0 amide bonds. The summed E-state index contributed by atoms with van der Waals surface area (Å²) >= 11 is 0. The first kappa shape index (κ1) is 27.1. The molecule has 0 aliphatic heterocycles. The number of nitriles is 1. The quantitative estimate of drug-likeness (QED) is 0.188. The molecular formula is C42H26N4. The minimum absolute atomic E-state index is 0.630. The predicted molar refractivity (Wildman–Crippen MR) is 187 cm³/mol. The highest BCUT2D eigenvalue weighted by Crippen LogP contribution is 2.43. The van der Waals surface area contributed by atoms with Crippen LogP contribution >= 0.6 is 0 Å². The van der Waals surface area contributed by atoms with Gasteiger partial charge in [-0.05, 0) is 55.9 Å². The first-order chi connectivity index (χ1) is 22.8. The van der Waals surface area contributed by atoms with Gasteiger partial charge in [0, 0.05) is 16.7 Å². The van der Waals surface area contributed by atoms with E-state index in [0.717, 1.165) is 27.8 Å². The third-order valence-electron chi connectivity index (χ3n) is 8.37. The van der Waals surface area contributed by atoms with Gasteiger partial charge in [0.25, 0.3) is 0 Å². The summed E-state index contributed by atoms with van der Waals surface area (Å²) < 4.78 is 0. The Morgan fingerprint density at radius 3 is 1.00 bits per heavy atom. The zero-order valence-corrected chi connectivity index (χ0v) is 24.8. The molecule has 0 radical (unpaired) electrons. The van der Waals surface area contributed by atoms with Gasteiger partial charge in [0.1, 0.15) is 0 Å². The lowest BCUT2D eigenvalue weighted by Gasteiger charge is -2.18. The fourth-order valence-corrected chi connectivity index (χ4v) is 6.19. The van der Waals surface area contributed by atoms with Crippen LogP contribution in [0.25, 0.3) is 78.0 Å². The first-order valence-electron chi connectivity index (χ1n) is 15.2. The van der Waals surface area contributed by atoms with Crippen LogP contribution in [0.5, 0.6) is 0 Å². The van der Waals surface area contributed by atoms with Crippen molar-refractivity contribution in [3.8, 4) is 62.5 Å². The van der Waals surface area contributed by atoms with Crippen molar-refractivity contribution in [2.75, 3.05) is 0 Å². The lowest BCUT2D eigenvalue weighted by Crippen LogP contribution is -2.00. The van der Waals surface area contributed by atoms with Crippen LogP contribution in [0.3, 0.4) is 0 Å². The van der Waals surface area contributed by atoms with Gasteiger partial charge in [-0.1, -0.05) is 146 Å². The van der Waals surface area contributed by atoms with E-state index in [9.17, 15) is 5.26 Å². The number of hydrogen-bond donors (Lipinski definition) is 0. The van der Waals surface area contributed by atoms with E-state index in [-0.39, 0.29) is 0 Å². The van der Waals surface area contributed by atoms with Crippen molar-refractivity contribution >= 4 is 21.5 Å². The van der Waals surface area contributed by atoms with Gasteiger partial charge in [0.15, 0.2) is 17.5 Å². The van der Waals surface area contributed by atoms with E-state index in [2.05, 4.69) is 78.9 Å². The van der Waals surface area contributed by atoms with Gasteiger partial charge >= 0.3 is 0 Å². The van der Waals surface area contributed by atoms with Gasteiger partial charge in [-0.15, -0.1) is 0 Å². The van der Waals surface area contributed by atoms with Crippen LogP contribution in [0, 0.1) is 11.3 Å². The van der Waals surface area contributed by atoms with Crippen LogP contribution in [-0.4, -0.2) is 15.0 Å². The molecular weight excluding hydrogens is 560 g/mol. The summed E-state index contributed by atoms with van der Waals surface area (Å²) in [5, 5.41) is 14.1. The predicted octanol–water partition coefficient (Wildman–Crippen LogP) is 10.4. The van der Waals surface area contributed by atoms with Crippen LogP contribution in [-0.2, 0) is 0 Å². The molecule has 1 aromatic heterocycles. The summed E-state index contributed by atoms with van der Waals surface area (Å²) in [6.07, 6.45) is 0. The largest absolute Gasteiger partial charge is 0.208 e. The maximum Gasteiger partial charge on any atom is 0.164 e. The van der Waals surface area contributed by atoms with Gasteiger partial charge in [-0.2, -0.15) is 5.26 Å². The van der Waals surface area contributed by atoms with Crippen molar-refractivity contribution in [2.24, 2.45) is 0 Å². The summed E-state index contributed by atoms with van der Waals surface area (Å²) in [7, 11) is 0. The molecule has 0 atom stereocenters. The zero-order valence-electron chi connectivity index (χ0n) is 24.8. The van der Waals surface area contributed by atoms with E-state index in [4.69, 9.17) is 15.0 Å². The van der Waals surface area contributed by atoms with Gasteiger partial charge in [-0.25, -0.2) is 15.0 Å². The molecule has 0 aliphatic rings. The average Bonchev–Trinajstić information content (AvgIpc) is 3.14. The minimum atomic E-state index is 0.630. The number of hydrogen-bond acceptors (Lipinski definition) is 4. The lowest BCUT2D eigenvalue weighted by molar-refractivity contribution is 1.07. The average molecular weight is 587 g/mol. The number of nitrogens with zero attached hydrogens (tertiary/aromatic N) is 4. The molecule has 46 heavy (non-hydrogen) atoms. The maximum absolute atomic E-state index is 9.37. The minimum Gasteiger partial charge on any atom is -0.208 e. The molecule has 0 aliphatic carbocycles. The van der Waals surface area contributed by atoms with Crippen molar-refractivity contribution < 1.29 is 0 Å². The van der Waals surface area contributed by atoms with E-state index in [1.165, 1.54) is 32.7 Å². The third-order valence-corrected chi connectivity index (χ3v) is 8.37. The molecule has 0 fully saturated rings. The molecule has 0 spiro atoms. The van der Waals surface area contributed by atoms with E-state index in [1.54, 1.807) is 0 Å². The third kappa shape index (κ3) is 4.87. The fraction of sp³-hybridized carbons (Fsp3) is 0. The second-order valence-corrected chi connectivity index (χ2v) is 11.1. The van der Waals surface area contributed by atoms with Crippen molar-refractivity contribution in [1.82, 2.24) is 15.0 Å². The summed E-state index contributed by atoms with van der Waals surface area (Å²) in [6.45, 7) is 0. The highest BCUT2D eigenvalue weighted by Gasteiger charge is 2.17. The molecule has 7 aromatic carbocycles. The van der Waals surface area contributed by atoms with E-state index >= 15 is 0 Å². The number of aromatic nitrogens is 3. The van der Waals surface area contributed by atoms with Crippen molar-refractivity contribution in [2.45, 2.75) is 0 Å². The summed E-state index contributed by atoms with van der Waals surface area (Å²) in [4.78, 5) is 14.7. The Labute approximate surface area is 266 Å². The van der Waals surface area contributed by atoms with Crippen molar-refractivity contribution in [1.29, 1.82) is 5.26 Å². The van der Waals surface area contributed by atoms with Gasteiger partial charge in [0.05, 0.1) is 11.6 Å². The smallest absolute Gasteiger partial charge is 0.164 e. The van der Waals surface area contributed by atoms with Crippen molar-refractivity contribution in [3.05, 3.63) is 163 Å².